The Morgan fingerprint density at radius 1 is 1.43 bits per heavy atom. The maximum atomic E-state index is 5.84. The first-order chi connectivity index (χ1) is 6.59. The van der Waals surface area contributed by atoms with Gasteiger partial charge in [-0.1, -0.05) is 12.1 Å². The first-order valence-electron chi connectivity index (χ1n) is 4.59. The molecule has 0 spiro atoms. The number of fused-ring (bicyclic) bond motifs is 1. The average molecular weight is 253 g/mol. The number of hydrogen-bond acceptors (Lipinski definition) is 1. The predicted octanol–water partition coefficient (Wildman–Crippen LogP) is 2.96. The lowest BCUT2D eigenvalue weighted by molar-refractivity contribution is 0.818. The minimum absolute atomic E-state index is 0.0908. The van der Waals surface area contributed by atoms with E-state index in [2.05, 4.69) is 44.9 Å². The third-order valence-corrected chi connectivity index (χ3v) is 3.12. The van der Waals surface area contributed by atoms with Gasteiger partial charge in [-0.2, -0.15) is 0 Å². The largest absolute Gasteiger partial charge is 0.349 e. The zero-order chi connectivity index (χ0) is 10.3. The molecule has 2 nitrogen and oxygen atoms in total. The monoisotopic (exact) mass is 252 g/mol. The quantitative estimate of drug-likeness (QED) is 0.832. The molecule has 74 valence electrons. The van der Waals surface area contributed by atoms with Crippen molar-refractivity contribution in [1.82, 2.24) is 4.57 Å². The highest BCUT2D eigenvalue weighted by atomic mass is 79.9. The smallest absolute Gasteiger partial charge is 0.0492 e. The van der Waals surface area contributed by atoms with Gasteiger partial charge in [-0.25, -0.2) is 0 Å². The molecule has 1 aromatic carbocycles. The Bertz CT molecular complexity index is 471. The second-order valence-corrected chi connectivity index (χ2v) is 4.51. The second kappa shape index (κ2) is 3.41. The van der Waals surface area contributed by atoms with Crippen LogP contribution in [0.3, 0.4) is 0 Å². The van der Waals surface area contributed by atoms with E-state index < -0.39 is 0 Å². The molecule has 2 rings (SSSR count). The van der Waals surface area contributed by atoms with Gasteiger partial charge in [0.25, 0.3) is 0 Å². The molecule has 1 atom stereocenters. The van der Waals surface area contributed by atoms with E-state index in [0.717, 1.165) is 4.47 Å². The Labute approximate surface area is 91.8 Å². The first kappa shape index (κ1) is 9.74. The summed E-state index contributed by atoms with van der Waals surface area (Å²) in [6.07, 6.45) is 2.07. The maximum Gasteiger partial charge on any atom is 0.0492 e. The van der Waals surface area contributed by atoms with Crippen LogP contribution in [0.5, 0.6) is 0 Å². The molecule has 14 heavy (non-hydrogen) atoms. The molecule has 0 aliphatic heterocycles. The van der Waals surface area contributed by atoms with Crippen molar-refractivity contribution in [3.05, 3.63) is 34.4 Å². The van der Waals surface area contributed by atoms with Gasteiger partial charge in [0.15, 0.2) is 0 Å². The SMILES string of the molecule is CC(N)c1ccc2c(Br)cn(C)c2c1. The lowest BCUT2D eigenvalue weighted by atomic mass is 10.1. The Balaban J connectivity index is 2.71. The van der Waals surface area contributed by atoms with E-state index in [0.29, 0.717) is 0 Å². The number of nitrogens with two attached hydrogens (primary N) is 1. The summed E-state index contributed by atoms with van der Waals surface area (Å²) in [5, 5.41) is 1.23. The first-order valence-corrected chi connectivity index (χ1v) is 5.39. The molecule has 0 fully saturated rings. The lowest BCUT2D eigenvalue weighted by Crippen LogP contribution is -2.04. The van der Waals surface area contributed by atoms with Gasteiger partial charge in [-0.15, -0.1) is 0 Å². The van der Waals surface area contributed by atoms with Gasteiger partial charge in [0.05, 0.1) is 0 Å². The number of benzene rings is 1. The van der Waals surface area contributed by atoms with Crippen LogP contribution in [-0.4, -0.2) is 4.57 Å². The van der Waals surface area contributed by atoms with Gasteiger partial charge in [0.2, 0.25) is 0 Å². The van der Waals surface area contributed by atoms with Crippen LogP contribution in [0.4, 0.5) is 0 Å². The van der Waals surface area contributed by atoms with Gasteiger partial charge in [0, 0.05) is 34.7 Å². The fraction of sp³-hybridized carbons (Fsp3) is 0.273. The minimum Gasteiger partial charge on any atom is -0.349 e. The zero-order valence-corrected chi connectivity index (χ0v) is 9.88. The molecule has 2 aromatic rings. The molecule has 1 unspecified atom stereocenters. The van der Waals surface area contributed by atoms with Crippen molar-refractivity contribution in [3.63, 3.8) is 0 Å². The van der Waals surface area contributed by atoms with Crippen molar-refractivity contribution in [1.29, 1.82) is 0 Å². The van der Waals surface area contributed by atoms with Gasteiger partial charge < -0.3 is 10.3 Å². The summed E-state index contributed by atoms with van der Waals surface area (Å²) in [4.78, 5) is 0. The van der Waals surface area contributed by atoms with E-state index in [1.165, 1.54) is 16.5 Å². The summed E-state index contributed by atoms with van der Waals surface area (Å²) in [6, 6.07) is 6.42. The third-order valence-electron chi connectivity index (χ3n) is 2.49. The van der Waals surface area contributed by atoms with E-state index in [4.69, 9.17) is 5.73 Å². The van der Waals surface area contributed by atoms with Crippen LogP contribution >= 0.6 is 15.9 Å². The number of nitrogens with zero attached hydrogens (tertiary/aromatic N) is 1. The molecular formula is C11H13BrN2. The maximum absolute atomic E-state index is 5.84. The summed E-state index contributed by atoms with van der Waals surface area (Å²) in [5.41, 5.74) is 8.23. The van der Waals surface area contributed by atoms with Crippen LogP contribution in [0.2, 0.25) is 0 Å². The van der Waals surface area contributed by atoms with Crippen molar-refractivity contribution in [2.45, 2.75) is 13.0 Å². The van der Waals surface area contributed by atoms with Crippen LogP contribution < -0.4 is 5.73 Å². The van der Waals surface area contributed by atoms with Crippen molar-refractivity contribution in [3.8, 4) is 0 Å². The second-order valence-electron chi connectivity index (χ2n) is 3.65. The topological polar surface area (TPSA) is 30.9 Å². The molecule has 0 radical (unpaired) electrons. The highest BCUT2D eigenvalue weighted by Gasteiger charge is 2.06. The summed E-state index contributed by atoms with van der Waals surface area (Å²) in [5.74, 6) is 0. The molecule has 2 N–H and O–H groups in total. The van der Waals surface area contributed by atoms with Crippen LogP contribution in [0.1, 0.15) is 18.5 Å². The van der Waals surface area contributed by atoms with Gasteiger partial charge >= 0.3 is 0 Å². The number of halogens is 1. The van der Waals surface area contributed by atoms with Gasteiger partial charge in [-0.05, 0) is 34.5 Å². The lowest BCUT2D eigenvalue weighted by Gasteiger charge is -2.06. The number of rotatable bonds is 1. The predicted molar refractivity (Wildman–Crippen MR) is 63.2 cm³/mol. The molecule has 1 aromatic heterocycles. The highest BCUT2D eigenvalue weighted by molar-refractivity contribution is 9.10. The summed E-state index contributed by atoms with van der Waals surface area (Å²) >= 11 is 3.53. The molecule has 0 aliphatic rings. The van der Waals surface area contributed by atoms with Crippen molar-refractivity contribution in [2.75, 3.05) is 0 Å². The molecule has 0 aliphatic carbocycles. The Morgan fingerprint density at radius 2 is 2.14 bits per heavy atom. The molecule has 0 saturated heterocycles. The van der Waals surface area contributed by atoms with E-state index >= 15 is 0 Å². The number of aryl methyl sites for hydroxylation is 1. The summed E-state index contributed by atoms with van der Waals surface area (Å²) in [6.45, 7) is 2.00. The summed E-state index contributed by atoms with van der Waals surface area (Å²) in [7, 11) is 2.04. The molecule has 0 saturated carbocycles. The Morgan fingerprint density at radius 3 is 2.79 bits per heavy atom. The molecule has 0 bridgehead atoms. The van der Waals surface area contributed by atoms with E-state index in [9.17, 15) is 0 Å². The van der Waals surface area contributed by atoms with Crippen molar-refractivity contribution < 1.29 is 0 Å². The number of aromatic nitrogens is 1. The van der Waals surface area contributed by atoms with Gasteiger partial charge in [-0.3, -0.25) is 0 Å². The van der Waals surface area contributed by atoms with Crippen molar-refractivity contribution >= 4 is 26.8 Å². The van der Waals surface area contributed by atoms with Crippen LogP contribution in [-0.2, 0) is 7.05 Å². The molecule has 0 amide bonds. The van der Waals surface area contributed by atoms with Crippen LogP contribution in [0, 0.1) is 0 Å². The van der Waals surface area contributed by atoms with Crippen LogP contribution in [0.25, 0.3) is 10.9 Å². The van der Waals surface area contributed by atoms with Crippen molar-refractivity contribution in [2.24, 2.45) is 12.8 Å². The molecule has 1 heterocycles. The average Bonchev–Trinajstić information content (AvgIpc) is 2.42. The zero-order valence-electron chi connectivity index (χ0n) is 8.29. The number of hydrogen-bond donors (Lipinski definition) is 1. The Hall–Kier alpha value is -0.800. The molecular weight excluding hydrogens is 240 g/mol. The molecule has 3 heteroatoms. The third kappa shape index (κ3) is 1.47. The standard InChI is InChI=1S/C11H13BrN2/c1-7(13)8-3-4-9-10(12)6-14(2)11(9)5-8/h3-7H,13H2,1-2H3. The fourth-order valence-electron chi connectivity index (χ4n) is 1.63. The van der Waals surface area contributed by atoms with E-state index in [1.54, 1.807) is 0 Å². The Kier molecular flexibility index (Phi) is 2.37. The van der Waals surface area contributed by atoms with Gasteiger partial charge in [0.1, 0.15) is 0 Å². The minimum atomic E-state index is 0.0908. The fourth-order valence-corrected chi connectivity index (χ4v) is 2.28. The normalized spacial score (nSPS) is 13.4. The highest BCUT2D eigenvalue weighted by Crippen LogP contribution is 2.27. The summed E-state index contributed by atoms with van der Waals surface area (Å²) < 4.78 is 3.23. The van der Waals surface area contributed by atoms with Crippen LogP contribution in [0.15, 0.2) is 28.9 Å². The van der Waals surface area contributed by atoms with E-state index in [1.807, 2.05) is 14.0 Å². The van der Waals surface area contributed by atoms with E-state index in [-0.39, 0.29) is 6.04 Å².